The summed E-state index contributed by atoms with van der Waals surface area (Å²) in [6, 6.07) is 16.5. The summed E-state index contributed by atoms with van der Waals surface area (Å²) in [7, 11) is 0. The van der Waals surface area contributed by atoms with Crippen LogP contribution in [0.4, 0.5) is 0 Å². The summed E-state index contributed by atoms with van der Waals surface area (Å²) in [5, 5.41) is 41.9. The van der Waals surface area contributed by atoms with E-state index in [1.54, 1.807) is 13.0 Å². The Morgan fingerprint density at radius 3 is 2.17 bits per heavy atom. The molecular weight excluding hydrogens is 498 g/mol. The van der Waals surface area contributed by atoms with E-state index in [0.717, 1.165) is 50.4 Å². The van der Waals surface area contributed by atoms with Crippen molar-refractivity contribution in [2.75, 3.05) is 0 Å². The van der Waals surface area contributed by atoms with E-state index in [1.807, 2.05) is 31.2 Å². The highest BCUT2D eigenvalue weighted by molar-refractivity contribution is 6.02. The lowest BCUT2D eigenvalue weighted by Gasteiger charge is -2.23. The van der Waals surface area contributed by atoms with Crippen molar-refractivity contribution in [1.82, 2.24) is 0 Å². The van der Waals surface area contributed by atoms with Gasteiger partial charge in [-0.25, -0.2) is 0 Å². The summed E-state index contributed by atoms with van der Waals surface area (Å²) in [4.78, 5) is 4.99. The highest BCUT2D eigenvalue weighted by Gasteiger charge is 2.27. The van der Waals surface area contributed by atoms with Gasteiger partial charge in [0, 0.05) is 16.8 Å². The van der Waals surface area contributed by atoms with E-state index in [0.29, 0.717) is 24.8 Å². The van der Waals surface area contributed by atoms with Gasteiger partial charge in [0.2, 0.25) is 5.75 Å². The van der Waals surface area contributed by atoms with Crippen LogP contribution in [0.2, 0.25) is 0 Å². The molecule has 0 amide bonds. The van der Waals surface area contributed by atoms with Crippen LogP contribution in [0.3, 0.4) is 0 Å². The first kappa shape index (κ1) is 28.5. The van der Waals surface area contributed by atoms with Crippen LogP contribution in [0.1, 0.15) is 73.9 Å². The molecular formula is C35H37NO4. The van der Waals surface area contributed by atoms with Gasteiger partial charge in [0.1, 0.15) is 5.75 Å². The molecule has 0 atom stereocenters. The molecule has 0 aliphatic heterocycles. The lowest BCUT2D eigenvalue weighted by Crippen LogP contribution is -2.02. The van der Waals surface area contributed by atoms with Gasteiger partial charge in [0.15, 0.2) is 11.5 Å². The Hall–Kier alpha value is -4.51. The molecule has 0 saturated carbocycles. The lowest BCUT2D eigenvalue weighted by atomic mass is 9.82. The Labute approximate surface area is 236 Å². The number of phenols is 4. The van der Waals surface area contributed by atoms with Crippen LogP contribution < -0.4 is 0 Å². The van der Waals surface area contributed by atoms with Crippen LogP contribution in [-0.2, 0) is 6.42 Å². The zero-order valence-electron chi connectivity index (χ0n) is 23.8. The zero-order valence-corrected chi connectivity index (χ0v) is 23.8. The summed E-state index contributed by atoms with van der Waals surface area (Å²) < 4.78 is 0. The fourth-order valence-electron chi connectivity index (χ4n) is 5.33. The molecule has 0 radical (unpaired) electrons. The van der Waals surface area contributed by atoms with Gasteiger partial charge < -0.3 is 20.4 Å². The van der Waals surface area contributed by atoms with Gasteiger partial charge in [-0.15, -0.1) is 0 Å². The molecule has 3 aromatic carbocycles. The van der Waals surface area contributed by atoms with Gasteiger partial charge in [-0.2, -0.15) is 0 Å². The molecule has 0 fully saturated rings. The van der Waals surface area contributed by atoms with Gasteiger partial charge in [0.25, 0.3) is 0 Å². The van der Waals surface area contributed by atoms with E-state index in [2.05, 4.69) is 57.7 Å². The molecule has 4 N–H and O–H groups in total. The van der Waals surface area contributed by atoms with Crippen molar-refractivity contribution < 1.29 is 20.4 Å². The molecule has 5 heteroatoms. The van der Waals surface area contributed by atoms with Crippen molar-refractivity contribution in [3.05, 3.63) is 112 Å². The largest absolute Gasteiger partial charge is 0.507 e. The number of hydrogen-bond acceptors (Lipinski definition) is 5. The Morgan fingerprint density at radius 2 is 1.57 bits per heavy atom. The first-order valence-corrected chi connectivity index (χ1v) is 13.5. The van der Waals surface area contributed by atoms with Crippen LogP contribution in [0, 0.1) is 6.92 Å². The summed E-state index contributed by atoms with van der Waals surface area (Å²) in [6.45, 7) is 14.0. The summed E-state index contributed by atoms with van der Waals surface area (Å²) in [6.07, 6.45) is 5.14. The van der Waals surface area contributed by atoms with Crippen LogP contribution in [-0.4, -0.2) is 26.1 Å². The van der Waals surface area contributed by atoms with E-state index in [-0.39, 0.29) is 16.9 Å². The van der Waals surface area contributed by atoms with E-state index < -0.39 is 17.2 Å². The van der Waals surface area contributed by atoms with E-state index >= 15 is 0 Å². The Morgan fingerprint density at radius 1 is 0.875 bits per heavy atom. The second-order valence-corrected chi connectivity index (χ2v) is 10.4. The molecule has 0 bridgehead atoms. The van der Waals surface area contributed by atoms with Crippen molar-refractivity contribution in [2.24, 2.45) is 4.99 Å². The van der Waals surface area contributed by atoms with E-state index in [4.69, 9.17) is 4.99 Å². The standard InChI is InChI=1S/C35H37NO4/c1-7-23-19-25(30-32(37)27(8-2)33(38)35(40)34(30)39)14-17-29(23)28-16-15-26(18-21(28)5)31(20(3)4)36-22(6)24-12-10-9-11-13-24/h7,9-13,15-16,18-19,37-40H,1,8,14,17H2,2-6H3. The quantitative estimate of drug-likeness (QED) is 0.139. The third kappa shape index (κ3) is 5.32. The van der Waals surface area contributed by atoms with Crippen molar-refractivity contribution in [3.63, 3.8) is 0 Å². The number of rotatable bonds is 7. The minimum Gasteiger partial charge on any atom is -0.507 e. The molecule has 0 saturated heterocycles. The van der Waals surface area contributed by atoms with Crippen molar-refractivity contribution in [2.45, 2.75) is 53.9 Å². The van der Waals surface area contributed by atoms with Gasteiger partial charge in [-0.3, -0.25) is 4.99 Å². The number of benzene rings is 3. The molecule has 4 rings (SSSR count). The number of aliphatic imine (C=N–C) groups is 1. The first-order valence-electron chi connectivity index (χ1n) is 13.5. The van der Waals surface area contributed by atoms with E-state index in [9.17, 15) is 20.4 Å². The zero-order chi connectivity index (χ0) is 29.1. The van der Waals surface area contributed by atoms with Gasteiger partial charge >= 0.3 is 0 Å². The molecule has 206 valence electrons. The predicted molar refractivity (Wildman–Crippen MR) is 165 cm³/mol. The fraction of sp³-hybridized carbons (Fsp3) is 0.229. The molecule has 5 nitrogen and oxygen atoms in total. The molecule has 3 aromatic rings. The first-order chi connectivity index (χ1) is 19.1. The number of aromatic hydroxyl groups is 4. The number of nitrogens with zero attached hydrogens (tertiary/aromatic N) is 1. The van der Waals surface area contributed by atoms with Crippen molar-refractivity contribution in [1.29, 1.82) is 0 Å². The minimum atomic E-state index is -0.618. The Bertz CT molecular complexity index is 1600. The maximum absolute atomic E-state index is 10.8. The van der Waals surface area contributed by atoms with Crippen LogP contribution in [0.5, 0.6) is 23.0 Å². The molecule has 40 heavy (non-hydrogen) atoms. The number of aryl methyl sites for hydroxylation is 1. The average molecular weight is 536 g/mol. The number of phenolic OH excluding ortho intramolecular Hbond substituents is 4. The maximum Gasteiger partial charge on any atom is 0.201 e. The summed E-state index contributed by atoms with van der Waals surface area (Å²) in [5.74, 6) is -1.85. The molecule has 0 spiro atoms. The second kappa shape index (κ2) is 11.7. The topological polar surface area (TPSA) is 93.3 Å². The molecule has 0 aromatic heterocycles. The maximum atomic E-state index is 10.8. The number of allylic oxidation sites excluding steroid dienone is 6. The molecule has 1 aliphatic rings. The average Bonchev–Trinajstić information content (AvgIpc) is 2.95. The van der Waals surface area contributed by atoms with Gasteiger partial charge in [0.05, 0.1) is 11.3 Å². The van der Waals surface area contributed by atoms with Gasteiger partial charge in [-0.05, 0) is 86.4 Å². The summed E-state index contributed by atoms with van der Waals surface area (Å²) >= 11 is 0. The Kier molecular flexibility index (Phi) is 8.34. The SMILES string of the molecule is C=CC1=C(c2ccc(C(N=C(C)c3ccccc3)=C(C)C)cc2C)CCC(c2c(O)c(O)c(O)c(CC)c2O)=C1. The highest BCUT2D eigenvalue weighted by Crippen LogP contribution is 2.51. The molecule has 0 heterocycles. The normalized spacial score (nSPS) is 13.7. The van der Waals surface area contributed by atoms with Crippen LogP contribution >= 0.6 is 0 Å². The summed E-state index contributed by atoms with van der Waals surface area (Å²) in [5.41, 5.74) is 10.4. The highest BCUT2D eigenvalue weighted by atomic mass is 16.3. The smallest absolute Gasteiger partial charge is 0.201 e. The van der Waals surface area contributed by atoms with Crippen LogP contribution in [0.15, 0.2) is 83.4 Å². The monoisotopic (exact) mass is 535 g/mol. The third-order valence-corrected chi connectivity index (χ3v) is 7.48. The minimum absolute atomic E-state index is 0.150. The predicted octanol–water partition coefficient (Wildman–Crippen LogP) is 8.46. The molecule has 1 aliphatic carbocycles. The van der Waals surface area contributed by atoms with Gasteiger partial charge in [-0.1, -0.05) is 73.7 Å². The van der Waals surface area contributed by atoms with E-state index in [1.165, 1.54) is 0 Å². The lowest BCUT2D eigenvalue weighted by molar-refractivity contribution is 0.355. The van der Waals surface area contributed by atoms with Crippen molar-refractivity contribution in [3.8, 4) is 23.0 Å². The number of hydrogen-bond donors (Lipinski definition) is 4. The Balaban J connectivity index is 1.76. The molecule has 0 unspecified atom stereocenters. The fourth-order valence-corrected chi connectivity index (χ4v) is 5.33. The van der Waals surface area contributed by atoms with Crippen molar-refractivity contribution >= 4 is 22.6 Å². The second-order valence-electron chi connectivity index (χ2n) is 10.4. The van der Waals surface area contributed by atoms with Crippen LogP contribution in [0.25, 0.3) is 16.8 Å². The third-order valence-electron chi connectivity index (χ3n) is 7.48.